The second-order valence-corrected chi connectivity index (χ2v) is 7.24. The van der Waals surface area contributed by atoms with Gasteiger partial charge >= 0.3 is 0 Å². The number of nitrogens with one attached hydrogen (secondary N) is 1. The van der Waals surface area contributed by atoms with E-state index in [0.717, 1.165) is 11.6 Å². The van der Waals surface area contributed by atoms with E-state index in [-0.39, 0.29) is 10.6 Å². The van der Waals surface area contributed by atoms with E-state index < -0.39 is 21.0 Å². The molecule has 134 valence electrons. The van der Waals surface area contributed by atoms with Crippen LogP contribution in [0.15, 0.2) is 47.4 Å². The Morgan fingerprint density at radius 2 is 1.84 bits per heavy atom. The van der Waals surface area contributed by atoms with Gasteiger partial charge in [-0.1, -0.05) is 25.1 Å². The molecule has 8 heteroatoms. The molecular weight excluding hydrogens is 344 g/mol. The molecule has 0 unspecified atom stereocenters. The highest BCUT2D eigenvalue weighted by Crippen LogP contribution is 2.26. The summed E-state index contributed by atoms with van der Waals surface area (Å²) in [6.45, 7) is 3.46. The topological polar surface area (TPSA) is 98.5 Å². The Bertz CT molecular complexity index is 863. The molecule has 0 aromatic heterocycles. The Hall–Kier alpha value is -2.45. The minimum atomic E-state index is -3.91. The Balaban J connectivity index is 2.35. The molecule has 0 aliphatic carbocycles. The lowest BCUT2D eigenvalue weighted by molar-refractivity contribution is -0.385. The first-order valence-electron chi connectivity index (χ1n) is 7.69. The van der Waals surface area contributed by atoms with Crippen LogP contribution in [0.1, 0.15) is 30.5 Å². The Labute approximate surface area is 146 Å². The first-order valence-corrected chi connectivity index (χ1v) is 9.18. The van der Waals surface area contributed by atoms with Crippen LogP contribution in [-0.4, -0.2) is 20.5 Å². The third-order valence-electron chi connectivity index (χ3n) is 3.90. The van der Waals surface area contributed by atoms with Crippen LogP contribution in [-0.2, 0) is 10.0 Å². The SMILES string of the molecule is CC[C@H](NS(=O)(=O)c1cc([N+](=O)[O-])ccc1C)c1ccc(OC)cc1. The smallest absolute Gasteiger partial charge is 0.270 e. The highest BCUT2D eigenvalue weighted by atomic mass is 32.2. The van der Waals surface area contributed by atoms with E-state index in [1.165, 1.54) is 12.1 Å². The van der Waals surface area contributed by atoms with E-state index >= 15 is 0 Å². The number of benzene rings is 2. The van der Waals surface area contributed by atoms with Crippen molar-refractivity contribution >= 4 is 15.7 Å². The summed E-state index contributed by atoms with van der Waals surface area (Å²) in [6, 6.07) is 10.4. The number of ether oxygens (including phenoxy) is 1. The summed E-state index contributed by atoms with van der Waals surface area (Å²) in [7, 11) is -2.35. The summed E-state index contributed by atoms with van der Waals surface area (Å²) in [6.07, 6.45) is 0.527. The number of hydrogen-bond donors (Lipinski definition) is 1. The molecule has 2 aromatic rings. The van der Waals surface area contributed by atoms with Crippen LogP contribution in [0.2, 0.25) is 0 Å². The van der Waals surface area contributed by atoms with Crippen molar-refractivity contribution < 1.29 is 18.1 Å². The molecule has 0 amide bonds. The average molecular weight is 364 g/mol. The predicted molar refractivity (Wildman–Crippen MR) is 94.2 cm³/mol. The van der Waals surface area contributed by atoms with E-state index in [1.807, 2.05) is 6.92 Å². The number of aryl methyl sites for hydroxylation is 1. The maximum absolute atomic E-state index is 12.7. The third-order valence-corrected chi connectivity index (χ3v) is 5.51. The number of rotatable bonds is 7. The summed E-state index contributed by atoms with van der Waals surface area (Å²) in [5.41, 5.74) is 0.973. The second kappa shape index (κ2) is 7.62. The fraction of sp³-hybridized carbons (Fsp3) is 0.294. The van der Waals surface area contributed by atoms with E-state index in [0.29, 0.717) is 17.7 Å². The first kappa shape index (κ1) is 18.9. The van der Waals surface area contributed by atoms with Crippen LogP contribution in [0.4, 0.5) is 5.69 Å². The summed E-state index contributed by atoms with van der Waals surface area (Å²) in [4.78, 5) is 10.2. The van der Waals surface area contributed by atoms with E-state index in [2.05, 4.69) is 4.72 Å². The van der Waals surface area contributed by atoms with Gasteiger partial charge in [-0.15, -0.1) is 0 Å². The van der Waals surface area contributed by atoms with Gasteiger partial charge < -0.3 is 4.74 Å². The van der Waals surface area contributed by atoms with Gasteiger partial charge in [0.15, 0.2) is 0 Å². The maximum atomic E-state index is 12.7. The maximum Gasteiger partial charge on any atom is 0.270 e. The third kappa shape index (κ3) is 4.34. The quantitative estimate of drug-likeness (QED) is 0.600. The standard InChI is InChI=1S/C17H20N2O5S/c1-4-16(13-6-9-15(24-3)10-7-13)18-25(22,23)17-11-14(19(20)21)8-5-12(17)2/h5-11,16,18H,4H2,1-3H3/t16-/m0/s1. The van der Waals surface area contributed by atoms with Crippen LogP contribution < -0.4 is 9.46 Å². The average Bonchev–Trinajstić information content (AvgIpc) is 2.59. The molecule has 2 rings (SSSR count). The second-order valence-electron chi connectivity index (χ2n) is 5.56. The predicted octanol–water partition coefficient (Wildman–Crippen LogP) is 3.34. The van der Waals surface area contributed by atoms with Gasteiger partial charge in [-0.2, -0.15) is 0 Å². The van der Waals surface area contributed by atoms with Gasteiger partial charge in [0.25, 0.3) is 5.69 Å². The lowest BCUT2D eigenvalue weighted by atomic mass is 10.1. The molecule has 7 nitrogen and oxygen atoms in total. The fourth-order valence-electron chi connectivity index (χ4n) is 2.47. The molecule has 25 heavy (non-hydrogen) atoms. The highest BCUT2D eigenvalue weighted by molar-refractivity contribution is 7.89. The van der Waals surface area contributed by atoms with Gasteiger partial charge in [0.2, 0.25) is 10.0 Å². The van der Waals surface area contributed by atoms with Crippen LogP contribution in [0.3, 0.4) is 0 Å². The van der Waals surface area contributed by atoms with Crippen molar-refractivity contribution in [1.82, 2.24) is 4.72 Å². The molecule has 0 bridgehead atoms. The molecule has 0 aliphatic rings. The zero-order chi connectivity index (χ0) is 18.6. The lowest BCUT2D eigenvalue weighted by Crippen LogP contribution is -2.29. The molecule has 2 aromatic carbocycles. The molecule has 1 N–H and O–H groups in total. The molecule has 0 saturated carbocycles. The zero-order valence-corrected chi connectivity index (χ0v) is 15.0. The minimum Gasteiger partial charge on any atom is -0.497 e. The van der Waals surface area contributed by atoms with E-state index in [1.54, 1.807) is 38.3 Å². The Kier molecular flexibility index (Phi) is 5.76. The van der Waals surface area contributed by atoms with E-state index in [9.17, 15) is 18.5 Å². The van der Waals surface area contributed by atoms with Crippen molar-refractivity contribution in [2.45, 2.75) is 31.2 Å². The van der Waals surface area contributed by atoms with Crippen molar-refractivity contribution in [3.8, 4) is 5.75 Å². The number of nitro benzene ring substituents is 1. The van der Waals surface area contributed by atoms with Gasteiger partial charge in [0.1, 0.15) is 5.75 Å². The Morgan fingerprint density at radius 3 is 2.36 bits per heavy atom. The molecular formula is C17H20N2O5S. The van der Waals surface area contributed by atoms with Crippen LogP contribution in [0.25, 0.3) is 0 Å². The van der Waals surface area contributed by atoms with Crippen molar-refractivity contribution in [3.63, 3.8) is 0 Å². The number of sulfonamides is 1. The number of nitro groups is 1. The first-order chi connectivity index (χ1) is 11.8. The van der Waals surface area contributed by atoms with Gasteiger partial charge in [0.05, 0.1) is 16.9 Å². The Morgan fingerprint density at radius 1 is 1.20 bits per heavy atom. The molecule has 0 heterocycles. The number of non-ortho nitro benzene ring substituents is 1. The summed E-state index contributed by atoms with van der Waals surface area (Å²) in [5, 5.41) is 10.9. The summed E-state index contributed by atoms with van der Waals surface area (Å²) in [5.74, 6) is 0.677. The van der Waals surface area contributed by atoms with Gasteiger partial charge in [-0.3, -0.25) is 10.1 Å². The molecule has 1 atom stereocenters. The van der Waals surface area contributed by atoms with E-state index in [4.69, 9.17) is 4.74 Å². The van der Waals surface area contributed by atoms with Gasteiger partial charge in [-0.25, -0.2) is 13.1 Å². The van der Waals surface area contributed by atoms with Crippen molar-refractivity contribution in [1.29, 1.82) is 0 Å². The molecule has 0 saturated heterocycles. The van der Waals surface area contributed by atoms with Crippen molar-refractivity contribution in [3.05, 3.63) is 63.7 Å². The monoisotopic (exact) mass is 364 g/mol. The van der Waals surface area contributed by atoms with Crippen LogP contribution in [0.5, 0.6) is 5.75 Å². The van der Waals surface area contributed by atoms with Crippen LogP contribution in [0, 0.1) is 17.0 Å². The van der Waals surface area contributed by atoms with Crippen molar-refractivity contribution in [2.75, 3.05) is 7.11 Å². The lowest BCUT2D eigenvalue weighted by Gasteiger charge is -2.18. The summed E-state index contributed by atoms with van der Waals surface area (Å²) >= 11 is 0. The normalized spacial score (nSPS) is 12.6. The molecule has 0 fully saturated rings. The van der Waals surface area contributed by atoms with Gasteiger partial charge in [-0.05, 0) is 36.6 Å². The minimum absolute atomic E-state index is 0.0892. The largest absolute Gasteiger partial charge is 0.497 e. The fourth-order valence-corrected chi connectivity index (χ4v) is 4.04. The van der Waals surface area contributed by atoms with Crippen molar-refractivity contribution in [2.24, 2.45) is 0 Å². The number of methoxy groups -OCH3 is 1. The highest BCUT2D eigenvalue weighted by Gasteiger charge is 2.24. The van der Waals surface area contributed by atoms with Crippen LogP contribution >= 0.6 is 0 Å². The number of nitrogens with zero attached hydrogens (tertiary/aromatic N) is 1. The summed E-state index contributed by atoms with van der Waals surface area (Å²) < 4.78 is 33.2. The number of hydrogen-bond acceptors (Lipinski definition) is 5. The van der Waals surface area contributed by atoms with Gasteiger partial charge in [0, 0.05) is 18.2 Å². The molecule has 0 aliphatic heterocycles. The molecule has 0 radical (unpaired) electrons. The molecule has 0 spiro atoms. The zero-order valence-electron chi connectivity index (χ0n) is 14.2.